The highest BCUT2D eigenvalue weighted by Crippen LogP contribution is 2.39. The maximum Gasteiger partial charge on any atom is 0.573 e. The molecule has 0 saturated heterocycles. The number of fused-ring (bicyclic) bond motifs is 1. The average molecular weight is 505 g/mol. The van der Waals surface area contributed by atoms with E-state index in [4.69, 9.17) is 5.11 Å². The van der Waals surface area contributed by atoms with Crippen molar-refractivity contribution in [1.29, 1.82) is 0 Å². The Bertz CT molecular complexity index is 1550. The smallest absolute Gasteiger partial charge is 0.478 e. The summed E-state index contributed by atoms with van der Waals surface area (Å²) in [6, 6.07) is 17.0. The van der Waals surface area contributed by atoms with Crippen molar-refractivity contribution in [3.63, 3.8) is 0 Å². The van der Waals surface area contributed by atoms with Gasteiger partial charge in [0.25, 0.3) is 10.0 Å². The second-order valence-corrected chi connectivity index (χ2v) is 8.96. The van der Waals surface area contributed by atoms with Crippen molar-refractivity contribution in [2.45, 2.75) is 11.3 Å². The summed E-state index contributed by atoms with van der Waals surface area (Å²) < 4.78 is 85.1. The second-order valence-electron chi connectivity index (χ2n) is 7.31. The second kappa shape index (κ2) is 8.91. The Hall–Kier alpha value is -4.12. The zero-order valence-corrected chi connectivity index (χ0v) is 18.3. The van der Waals surface area contributed by atoms with Gasteiger partial charge >= 0.3 is 12.3 Å². The Morgan fingerprint density at radius 1 is 0.857 bits per heavy atom. The summed E-state index contributed by atoms with van der Waals surface area (Å²) in [4.78, 5) is 11.0. The van der Waals surface area contributed by atoms with Crippen molar-refractivity contribution < 1.29 is 40.6 Å². The molecule has 0 aliphatic heterocycles. The number of aromatic carboxylic acids is 1. The standard InChI is InChI=1S/C24H15F4NO5S/c25-20-11-9-14(13-19(20)23(30)31)29-35(32,33)22-12-10-16(15-5-1-2-7-18(15)22)17-6-3-4-8-21(17)34-24(26,27)28/h1-13,29H,(H,30,31). The van der Waals surface area contributed by atoms with Crippen molar-refractivity contribution >= 4 is 32.5 Å². The number of anilines is 1. The van der Waals surface area contributed by atoms with Gasteiger partial charge in [0.15, 0.2) is 0 Å². The lowest BCUT2D eigenvalue weighted by Crippen LogP contribution is -2.17. The van der Waals surface area contributed by atoms with E-state index in [1.54, 1.807) is 18.2 Å². The first kappa shape index (κ1) is 24.0. The van der Waals surface area contributed by atoms with Gasteiger partial charge in [0.05, 0.1) is 10.5 Å². The van der Waals surface area contributed by atoms with E-state index in [0.717, 1.165) is 24.3 Å². The zero-order valence-electron chi connectivity index (χ0n) is 17.5. The van der Waals surface area contributed by atoms with Gasteiger partial charge in [-0.1, -0.05) is 48.5 Å². The largest absolute Gasteiger partial charge is 0.573 e. The molecule has 0 amide bonds. The van der Waals surface area contributed by atoms with Crippen LogP contribution in [0.1, 0.15) is 10.4 Å². The van der Waals surface area contributed by atoms with Gasteiger partial charge in [-0.05, 0) is 41.3 Å². The van der Waals surface area contributed by atoms with Gasteiger partial charge in [0, 0.05) is 16.6 Å². The quantitative estimate of drug-likeness (QED) is 0.312. The fraction of sp³-hybridized carbons (Fsp3) is 0.0417. The monoisotopic (exact) mass is 505 g/mol. The number of carbonyl (C=O) groups is 1. The van der Waals surface area contributed by atoms with E-state index in [2.05, 4.69) is 9.46 Å². The predicted octanol–water partition coefficient (Wildman–Crippen LogP) is 6.04. The van der Waals surface area contributed by atoms with E-state index in [0.29, 0.717) is 10.9 Å². The molecule has 35 heavy (non-hydrogen) atoms. The van der Waals surface area contributed by atoms with Crippen LogP contribution in [0.2, 0.25) is 0 Å². The summed E-state index contributed by atoms with van der Waals surface area (Å²) in [6.07, 6.45) is -4.93. The summed E-state index contributed by atoms with van der Waals surface area (Å²) in [7, 11) is -4.31. The molecule has 0 saturated carbocycles. The van der Waals surface area contributed by atoms with E-state index in [1.165, 1.54) is 36.4 Å². The lowest BCUT2D eigenvalue weighted by atomic mass is 9.97. The van der Waals surface area contributed by atoms with Crippen LogP contribution in [0.3, 0.4) is 0 Å². The minimum absolute atomic E-state index is 0.0996. The van der Waals surface area contributed by atoms with E-state index in [-0.39, 0.29) is 21.5 Å². The molecule has 0 spiro atoms. The first-order valence-electron chi connectivity index (χ1n) is 9.89. The lowest BCUT2D eigenvalue weighted by Gasteiger charge is -2.17. The Balaban J connectivity index is 1.82. The fourth-order valence-corrected chi connectivity index (χ4v) is 4.87. The molecule has 2 N–H and O–H groups in total. The molecular weight excluding hydrogens is 490 g/mol. The van der Waals surface area contributed by atoms with E-state index >= 15 is 0 Å². The van der Waals surface area contributed by atoms with Crippen molar-refractivity contribution in [3.05, 3.63) is 90.2 Å². The predicted molar refractivity (Wildman–Crippen MR) is 120 cm³/mol. The summed E-state index contributed by atoms with van der Waals surface area (Å²) >= 11 is 0. The first-order valence-corrected chi connectivity index (χ1v) is 11.4. The third kappa shape index (κ3) is 5.04. The molecular formula is C24H15F4NO5S. The van der Waals surface area contributed by atoms with Crippen LogP contribution in [0, 0.1) is 5.82 Å². The number of para-hydroxylation sites is 1. The minimum atomic E-state index is -4.93. The number of hydrogen-bond acceptors (Lipinski definition) is 4. The molecule has 0 aliphatic carbocycles. The number of ether oxygens (including phenoxy) is 1. The SMILES string of the molecule is O=C(O)c1cc(NS(=O)(=O)c2ccc(-c3ccccc3OC(F)(F)F)c3ccccc23)ccc1F. The summed E-state index contributed by atoms with van der Waals surface area (Å²) in [6.45, 7) is 0. The van der Waals surface area contributed by atoms with Crippen LogP contribution >= 0.6 is 0 Å². The first-order chi connectivity index (χ1) is 16.5. The minimum Gasteiger partial charge on any atom is -0.478 e. The lowest BCUT2D eigenvalue weighted by molar-refractivity contribution is -0.274. The van der Waals surface area contributed by atoms with Crippen LogP contribution in [0.4, 0.5) is 23.2 Å². The number of sulfonamides is 1. The molecule has 0 radical (unpaired) electrons. The van der Waals surface area contributed by atoms with Gasteiger partial charge in [-0.15, -0.1) is 13.2 Å². The van der Waals surface area contributed by atoms with Crippen LogP contribution in [-0.2, 0) is 10.0 Å². The molecule has 0 fully saturated rings. The van der Waals surface area contributed by atoms with Gasteiger partial charge in [0.1, 0.15) is 11.6 Å². The molecule has 0 aliphatic rings. The number of benzene rings is 4. The molecule has 0 aromatic heterocycles. The van der Waals surface area contributed by atoms with E-state index in [9.17, 15) is 30.8 Å². The fourth-order valence-electron chi connectivity index (χ4n) is 3.61. The molecule has 11 heteroatoms. The van der Waals surface area contributed by atoms with Crippen LogP contribution < -0.4 is 9.46 Å². The molecule has 0 unspecified atom stereocenters. The third-order valence-electron chi connectivity index (χ3n) is 5.03. The Labute approximate surface area is 196 Å². The van der Waals surface area contributed by atoms with E-state index < -0.39 is 39.5 Å². The highest BCUT2D eigenvalue weighted by Gasteiger charge is 2.32. The van der Waals surface area contributed by atoms with Gasteiger partial charge in [0.2, 0.25) is 0 Å². The van der Waals surface area contributed by atoms with Crippen LogP contribution in [0.5, 0.6) is 5.75 Å². The topological polar surface area (TPSA) is 92.7 Å². The van der Waals surface area contributed by atoms with Crippen LogP contribution in [0.25, 0.3) is 21.9 Å². The summed E-state index contributed by atoms with van der Waals surface area (Å²) in [5, 5.41) is 9.61. The molecule has 0 bridgehead atoms. The molecule has 4 aromatic rings. The molecule has 0 atom stereocenters. The molecule has 0 heterocycles. The maximum atomic E-state index is 13.7. The highest BCUT2D eigenvalue weighted by atomic mass is 32.2. The molecule has 6 nitrogen and oxygen atoms in total. The van der Waals surface area contributed by atoms with Crippen LogP contribution in [-0.4, -0.2) is 25.9 Å². The summed E-state index contributed by atoms with van der Waals surface area (Å²) in [5.74, 6) is -3.06. The third-order valence-corrected chi connectivity index (χ3v) is 6.46. The molecule has 4 aromatic carbocycles. The average Bonchev–Trinajstić information content (AvgIpc) is 2.78. The van der Waals surface area contributed by atoms with E-state index in [1.807, 2.05) is 0 Å². The number of carboxylic acid groups (broad SMARTS) is 1. The number of nitrogens with one attached hydrogen (secondary N) is 1. The number of carboxylic acids is 1. The zero-order chi connectivity index (χ0) is 25.4. The van der Waals surface area contributed by atoms with Gasteiger partial charge in [-0.2, -0.15) is 0 Å². The summed E-state index contributed by atoms with van der Waals surface area (Å²) in [5.41, 5.74) is -0.496. The highest BCUT2D eigenvalue weighted by molar-refractivity contribution is 7.93. The van der Waals surface area contributed by atoms with Gasteiger partial charge in [-0.3, -0.25) is 4.72 Å². The van der Waals surface area contributed by atoms with Crippen molar-refractivity contribution in [1.82, 2.24) is 0 Å². The van der Waals surface area contributed by atoms with Gasteiger partial charge in [-0.25, -0.2) is 17.6 Å². The number of rotatable bonds is 6. The molecule has 180 valence electrons. The normalized spacial score (nSPS) is 11.9. The maximum absolute atomic E-state index is 13.7. The van der Waals surface area contributed by atoms with Crippen molar-refractivity contribution in [2.75, 3.05) is 4.72 Å². The number of hydrogen-bond donors (Lipinski definition) is 2. The Morgan fingerprint density at radius 2 is 1.51 bits per heavy atom. The van der Waals surface area contributed by atoms with Crippen molar-refractivity contribution in [2.24, 2.45) is 0 Å². The Morgan fingerprint density at radius 3 is 2.20 bits per heavy atom. The van der Waals surface area contributed by atoms with Gasteiger partial charge < -0.3 is 9.84 Å². The Kier molecular flexibility index (Phi) is 6.12. The van der Waals surface area contributed by atoms with Crippen LogP contribution in [0.15, 0.2) is 83.8 Å². The number of alkyl halides is 3. The van der Waals surface area contributed by atoms with Crippen molar-refractivity contribution in [3.8, 4) is 16.9 Å². The number of halogens is 4. The molecule has 4 rings (SSSR count).